The number of hydrogen-bond donors (Lipinski definition) is 2. The Labute approximate surface area is 334 Å². The van der Waals surface area contributed by atoms with Gasteiger partial charge in [-0.2, -0.15) is 0 Å². The van der Waals surface area contributed by atoms with E-state index in [9.17, 15) is 13.5 Å². The number of sulfone groups is 1. The van der Waals surface area contributed by atoms with Gasteiger partial charge in [-0.15, -0.1) is 0 Å². The highest BCUT2D eigenvalue weighted by Gasteiger charge is 2.23. The third kappa shape index (κ3) is 23.1. The lowest BCUT2D eigenvalue weighted by atomic mass is 9.99. The normalized spacial score (nSPS) is 13.1. The lowest BCUT2D eigenvalue weighted by molar-refractivity contribution is 0.244. The molecule has 0 saturated heterocycles. The Bertz CT molecular complexity index is 1270. The van der Waals surface area contributed by atoms with Gasteiger partial charge in [0.05, 0.1) is 4.90 Å². The van der Waals surface area contributed by atoms with Crippen LogP contribution in [0.15, 0.2) is 53.4 Å². The molecule has 2 unspecified atom stereocenters. The molecule has 0 aliphatic carbocycles. The van der Waals surface area contributed by atoms with E-state index in [1.165, 1.54) is 192 Å². The second kappa shape index (κ2) is 32.0. The third-order valence-electron chi connectivity index (χ3n) is 11.2. The van der Waals surface area contributed by atoms with Gasteiger partial charge in [0.15, 0.2) is 5.44 Å². The summed E-state index contributed by atoms with van der Waals surface area (Å²) >= 11 is 0. The molecule has 2 N–H and O–H groups in total. The van der Waals surface area contributed by atoms with Gasteiger partial charge in [0.25, 0.3) is 0 Å². The van der Waals surface area contributed by atoms with Gasteiger partial charge in [-0.25, -0.2) is 8.42 Å². The van der Waals surface area contributed by atoms with Gasteiger partial charge >= 0.3 is 0 Å². The van der Waals surface area contributed by atoms with Crippen molar-refractivity contribution in [2.24, 2.45) is 0 Å². The van der Waals surface area contributed by atoms with E-state index in [4.69, 9.17) is 0 Å². The average molecular weight is 766 g/mol. The maximum absolute atomic E-state index is 12.4. The monoisotopic (exact) mass is 766 g/mol. The fraction of sp³-hybridized carbons (Fsp3) is 0.714. The first-order valence-corrected chi connectivity index (χ1v) is 24.5. The Hall–Kier alpha value is -2.11. The molecule has 2 atom stereocenters. The molecule has 0 bridgehead atoms. The van der Waals surface area contributed by atoms with Crippen molar-refractivity contribution >= 4 is 27.7 Å². The molecule has 0 radical (unpaired) electrons. The Morgan fingerprint density at radius 1 is 0.481 bits per heavy atom. The van der Waals surface area contributed by atoms with Crippen LogP contribution in [0.5, 0.6) is 0 Å². The first-order chi connectivity index (χ1) is 26.4. The van der Waals surface area contributed by atoms with E-state index in [2.05, 4.69) is 49.5 Å². The predicted molar refractivity (Wildman–Crippen MR) is 238 cm³/mol. The van der Waals surface area contributed by atoms with Crippen molar-refractivity contribution in [3.05, 3.63) is 59.7 Å². The molecule has 54 heavy (non-hydrogen) atoms. The molecular weight excluding hydrogens is 683 g/mol. The zero-order valence-electron chi connectivity index (χ0n) is 35.3. The van der Waals surface area contributed by atoms with Crippen molar-refractivity contribution < 1.29 is 13.5 Å². The largest absolute Gasteiger partial charge is 0.382 e. The zero-order chi connectivity index (χ0) is 39.0. The van der Waals surface area contributed by atoms with E-state index in [0.29, 0.717) is 6.04 Å². The van der Waals surface area contributed by atoms with E-state index < -0.39 is 15.3 Å². The number of anilines is 1. The molecule has 0 heterocycles. The Balaban J connectivity index is 1.76. The molecule has 2 aromatic carbocycles. The first kappa shape index (κ1) is 48.0. The van der Waals surface area contributed by atoms with Gasteiger partial charge in [-0.05, 0) is 54.7 Å². The molecule has 0 aliphatic heterocycles. The molecule has 0 amide bonds. The van der Waals surface area contributed by atoms with Gasteiger partial charge in [-0.3, -0.25) is 0 Å². The molecule has 0 saturated carbocycles. The van der Waals surface area contributed by atoms with Crippen LogP contribution in [0.1, 0.15) is 225 Å². The number of unbranched alkanes of at least 4 members (excludes halogenated alkanes) is 25. The second-order valence-electron chi connectivity index (χ2n) is 16.2. The van der Waals surface area contributed by atoms with Gasteiger partial charge < -0.3 is 10.4 Å². The van der Waals surface area contributed by atoms with E-state index >= 15 is 0 Å². The Kier molecular flexibility index (Phi) is 28.5. The highest BCUT2D eigenvalue weighted by atomic mass is 32.2. The van der Waals surface area contributed by atoms with Crippen molar-refractivity contribution in [2.45, 2.75) is 230 Å². The minimum atomic E-state index is -3.70. The van der Waals surface area contributed by atoms with Crippen LogP contribution in [0.3, 0.4) is 0 Å². The summed E-state index contributed by atoms with van der Waals surface area (Å²) in [4.78, 5) is 0.159. The lowest BCUT2D eigenvalue weighted by Gasteiger charge is -2.20. The molecule has 5 heteroatoms. The maximum Gasteiger partial charge on any atom is 0.204 e. The van der Waals surface area contributed by atoms with E-state index in [-0.39, 0.29) is 11.3 Å². The smallest absolute Gasteiger partial charge is 0.204 e. The topological polar surface area (TPSA) is 66.4 Å². The summed E-state index contributed by atoms with van der Waals surface area (Å²) in [5.41, 5.74) is 1.87. The van der Waals surface area contributed by atoms with E-state index in [0.717, 1.165) is 11.1 Å². The quantitative estimate of drug-likeness (QED) is 0.0535. The minimum absolute atomic E-state index is 0.159. The number of aliphatic hydroxyl groups is 1. The van der Waals surface area contributed by atoms with Crippen molar-refractivity contribution in [3.63, 3.8) is 0 Å². The molecule has 2 aromatic rings. The molecule has 2 rings (SSSR count). The lowest BCUT2D eigenvalue weighted by Crippen LogP contribution is -2.19. The summed E-state index contributed by atoms with van der Waals surface area (Å²) < 4.78 is 24.9. The molecular formula is C49H83NO3S. The molecule has 0 spiro atoms. The summed E-state index contributed by atoms with van der Waals surface area (Å²) in [7, 11) is -3.70. The average Bonchev–Trinajstić information content (AvgIpc) is 3.19. The number of benzene rings is 2. The summed E-state index contributed by atoms with van der Waals surface area (Å²) in [6, 6.07) is 16.0. The fourth-order valence-electron chi connectivity index (χ4n) is 7.55. The number of rotatable bonds is 36. The van der Waals surface area contributed by atoms with Crippen LogP contribution in [0.25, 0.3) is 12.2 Å². The van der Waals surface area contributed by atoms with Crippen molar-refractivity contribution in [2.75, 3.05) is 5.32 Å². The minimum Gasteiger partial charge on any atom is -0.382 e. The Morgan fingerprint density at radius 2 is 0.796 bits per heavy atom. The summed E-state index contributed by atoms with van der Waals surface area (Å²) in [5.74, 6) is 0. The highest BCUT2D eigenvalue weighted by molar-refractivity contribution is 7.91. The number of hydrogen-bond acceptors (Lipinski definition) is 4. The van der Waals surface area contributed by atoms with Crippen LogP contribution >= 0.6 is 0 Å². The van der Waals surface area contributed by atoms with Crippen LogP contribution in [-0.2, 0) is 9.84 Å². The highest BCUT2D eigenvalue weighted by Crippen LogP contribution is 2.22. The third-order valence-corrected chi connectivity index (χ3v) is 13.2. The Morgan fingerprint density at radius 3 is 1.13 bits per heavy atom. The summed E-state index contributed by atoms with van der Waals surface area (Å²) in [6.07, 6.45) is 44.5. The van der Waals surface area contributed by atoms with Crippen LogP contribution in [0.2, 0.25) is 0 Å². The van der Waals surface area contributed by atoms with Crippen LogP contribution in [-0.4, -0.2) is 25.0 Å². The maximum atomic E-state index is 12.4. The number of nitrogens with one attached hydrogen (secondary N) is 1. The predicted octanol–water partition coefficient (Wildman–Crippen LogP) is 15.5. The van der Waals surface area contributed by atoms with Crippen LogP contribution in [0, 0.1) is 0 Å². The molecule has 308 valence electrons. The van der Waals surface area contributed by atoms with Gasteiger partial charge in [0.1, 0.15) is 0 Å². The van der Waals surface area contributed by atoms with E-state index in [1.54, 1.807) is 31.2 Å². The van der Waals surface area contributed by atoms with E-state index in [1.807, 2.05) is 6.08 Å². The van der Waals surface area contributed by atoms with Crippen molar-refractivity contribution in [1.82, 2.24) is 0 Å². The fourth-order valence-corrected chi connectivity index (χ4v) is 8.81. The second-order valence-corrected chi connectivity index (χ2v) is 18.3. The summed E-state index contributed by atoms with van der Waals surface area (Å²) in [6.45, 7) is 6.26. The zero-order valence-corrected chi connectivity index (χ0v) is 36.1. The first-order valence-electron chi connectivity index (χ1n) is 23.0. The van der Waals surface area contributed by atoms with Crippen LogP contribution < -0.4 is 5.32 Å². The standard InChI is InChI=1S/C49H83NO3S/c1-4-7-9-11-13-15-17-19-21-23-25-27-29-31-33-46(32-30-28-26-24-22-20-18-16-14-12-10-8-5-2)50-47-40-36-44(37-41-47)34-35-45-38-42-48(43-39-45)54(52,53)49(51)6-3/h34-43,46,49-51H,4-33H2,1-3H3. The number of aliphatic hydroxyl groups excluding tert-OH is 1. The molecule has 0 aromatic heterocycles. The van der Waals surface area contributed by atoms with Crippen molar-refractivity contribution in [1.29, 1.82) is 0 Å². The van der Waals surface area contributed by atoms with Crippen molar-refractivity contribution in [3.8, 4) is 0 Å². The summed E-state index contributed by atoms with van der Waals surface area (Å²) in [5, 5.41) is 13.8. The molecule has 4 nitrogen and oxygen atoms in total. The SMILES string of the molecule is CCCCCCCCCCCCCCCCC(CCCCCCCCCCCCCCC)Nc1ccc(C=Cc2ccc(S(=O)(=O)C(O)CC)cc2)cc1. The van der Waals surface area contributed by atoms with Crippen LogP contribution in [0.4, 0.5) is 5.69 Å². The van der Waals surface area contributed by atoms with Gasteiger partial charge in [0, 0.05) is 11.7 Å². The molecule has 0 fully saturated rings. The molecule has 0 aliphatic rings. The van der Waals surface area contributed by atoms with Gasteiger partial charge in [0.2, 0.25) is 9.84 Å². The van der Waals surface area contributed by atoms with Gasteiger partial charge in [-0.1, -0.05) is 231 Å².